The van der Waals surface area contributed by atoms with Crippen LogP contribution in [0.5, 0.6) is 0 Å². The maximum absolute atomic E-state index is 4.37. The lowest BCUT2D eigenvalue weighted by Crippen LogP contribution is -2.19. The molecule has 0 unspecified atom stereocenters. The van der Waals surface area contributed by atoms with E-state index >= 15 is 0 Å². The highest BCUT2D eigenvalue weighted by Crippen LogP contribution is 2.15. The van der Waals surface area contributed by atoms with E-state index in [0.717, 1.165) is 12.2 Å². The molecule has 0 aromatic carbocycles. The largest absolute Gasteiger partial charge is 0.352 e. The number of hydrogen-bond donors (Lipinski definition) is 1. The molecule has 0 saturated carbocycles. The van der Waals surface area contributed by atoms with Crippen molar-refractivity contribution in [2.24, 2.45) is 7.05 Å². The predicted octanol–water partition coefficient (Wildman–Crippen LogP) is 2.89. The average Bonchev–Trinajstić information content (AvgIpc) is 2.64. The predicted molar refractivity (Wildman–Crippen MR) is 74.4 cm³/mol. The average molecular weight is 243 g/mol. The van der Waals surface area contributed by atoms with E-state index in [2.05, 4.69) is 54.8 Å². The summed E-state index contributed by atoms with van der Waals surface area (Å²) >= 11 is 0. The molecular formula is C15H21N3. The van der Waals surface area contributed by atoms with Crippen LogP contribution >= 0.6 is 0 Å². The highest BCUT2D eigenvalue weighted by Gasteiger charge is 2.09. The fraction of sp³-hybridized carbons (Fsp3) is 0.400. The molecule has 0 bridgehead atoms. The number of hydrogen-bond acceptors (Lipinski definition) is 2. The van der Waals surface area contributed by atoms with Gasteiger partial charge in [0.2, 0.25) is 0 Å². The van der Waals surface area contributed by atoms with Crippen LogP contribution in [0.25, 0.3) is 0 Å². The zero-order valence-electron chi connectivity index (χ0n) is 11.6. The third-order valence-corrected chi connectivity index (χ3v) is 3.61. The molecule has 0 spiro atoms. The molecule has 2 rings (SSSR count). The first-order chi connectivity index (χ1) is 8.59. The van der Waals surface area contributed by atoms with Crippen molar-refractivity contribution >= 4 is 0 Å². The Labute approximate surface area is 109 Å². The van der Waals surface area contributed by atoms with Crippen molar-refractivity contribution in [2.75, 3.05) is 0 Å². The molecule has 0 saturated heterocycles. The number of nitrogens with zero attached hydrogens (tertiary/aromatic N) is 2. The zero-order chi connectivity index (χ0) is 13.1. The van der Waals surface area contributed by atoms with Gasteiger partial charge in [-0.15, -0.1) is 0 Å². The second kappa shape index (κ2) is 5.36. The van der Waals surface area contributed by atoms with E-state index in [1.165, 1.54) is 17.0 Å². The monoisotopic (exact) mass is 243 g/mol. The van der Waals surface area contributed by atoms with Crippen molar-refractivity contribution in [1.82, 2.24) is 14.9 Å². The van der Waals surface area contributed by atoms with Crippen molar-refractivity contribution in [3.05, 3.63) is 53.1 Å². The minimum Gasteiger partial charge on any atom is -0.352 e. The summed E-state index contributed by atoms with van der Waals surface area (Å²) in [5.74, 6) is 0. The van der Waals surface area contributed by atoms with Gasteiger partial charge in [-0.25, -0.2) is 0 Å². The summed E-state index contributed by atoms with van der Waals surface area (Å²) in [4.78, 5) is 4.37. The van der Waals surface area contributed by atoms with Crippen LogP contribution in [0.15, 0.2) is 30.5 Å². The quantitative estimate of drug-likeness (QED) is 0.895. The standard InChI is InChI=1S/C15H21N3/c1-11-9-14(13(3)18(11)4)10-17-12(2)15-7-5-6-8-16-15/h5-9,12,17H,10H2,1-4H3/t12-/m0/s1. The molecule has 1 N–H and O–H groups in total. The van der Waals surface area contributed by atoms with Crippen LogP contribution in [-0.2, 0) is 13.6 Å². The van der Waals surface area contributed by atoms with Gasteiger partial charge in [-0.1, -0.05) is 6.07 Å². The fourth-order valence-electron chi connectivity index (χ4n) is 2.11. The molecule has 0 amide bonds. The molecule has 2 aromatic heterocycles. The van der Waals surface area contributed by atoms with E-state index in [1.54, 1.807) is 0 Å². The minimum absolute atomic E-state index is 0.270. The summed E-state index contributed by atoms with van der Waals surface area (Å²) in [7, 11) is 2.11. The Morgan fingerprint density at radius 1 is 1.33 bits per heavy atom. The fourth-order valence-corrected chi connectivity index (χ4v) is 2.11. The molecule has 2 aromatic rings. The lowest BCUT2D eigenvalue weighted by Gasteiger charge is -2.13. The van der Waals surface area contributed by atoms with E-state index in [9.17, 15) is 0 Å². The van der Waals surface area contributed by atoms with E-state index in [-0.39, 0.29) is 6.04 Å². The van der Waals surface area contributed by atoms with Gasteiger partial charge in [0.25, 0.3) is 0 Å². The second-order valence-electron chi connectivity index (χ2n) is 4.81. The summed E-state index contributed by atoms with van der Waals surface area (Å²) in [5, 5.41) is 3.52. The van der Waals surface area contributed by atoms with E-state index < -0.39 is 0 Å². The van der Waals surface area contributed by atoms with Gasteiger partial charge >= 0.3 is 0 Å². The Morgan fingerprint density at radius 3 is 2.67 bits per heavy atom. The summed E-state index contributed by atoms with van der Waals surface area (Å²) in [5.41, 5.74) is 5.07. The third-order valence-electron chi connectivity index (χ3n) is 3.61. The van der Waals surface area contributed by atoms with Crippen molar-refractivity contribution in [3.63, 3.8) is 0 Å². The first-order valence-electron chi connectivity index (χ1n) is 6.35. The van der Waals surface area contributed by atoms with Gasteiger partial charge in [-0.3, -0.25) is 4.98 Å². The normalized spacial score (nSPS) is 12.7. The van der Waals surface area contributed by atoms with Crippen LogP contribution in [0.1, 0.15) is 35.6 Å². The Balaban J connectivity index is 2.02. The van der Waals surface area contributed by atoms with Crippen molar-refractivity contribution < 1.29 is 0 Å². The molecule has 0 aliphatic heterocycles. The highest BCUT2D eigenvalue weighted by atomic mass is 15.0. The molecule has 0 aliphatic carbocycles. The summed E-state index contributed by atoms with van der Waals surface area (Å²) in [6.07, 6.45) is 1.84. The van der Waals surface area contributed by atoms with E-state index in [0.29, 0.717) is 0 Å². The SMILES string of the molecule is Cc1cc(CN[C@@H](C)c2ccccn2)c(C)n1C. The van der Waals surface area contributed by atoms with E-state index in [1.807, 2.05) is 18.3 Å². The van der Waals surface area contributed by atoms with Crippen LogP contribution in [0.4, 0.5) is 0 Å². The van der Waals surface area contributed by atoms with Crippen molar-refractivity contribution in [3.8, 4) is 0 Å². The molecule has 0 fully saturated rings. The Bertz CT molecular complexity index is 514. The molecule has 3 heteroatoms. The van der Waals surface area contributed by atoms with Gasteiger partial charge in [0.15, 0.2) is 0 Å². The zero-order valence-corrected chi connectivity index (χ0v) is 11.6. The van der Waals surface area contributed by atoms with Crippen LogP contribution in [0, 0.1) is 13.8 Å². The lowest BCUT2D eigenvalue weighted by molar-refractivity contribution is 0.559. The van der Waals surface area contributed by atoms with Crippen molar-refractivity contribution in [1.29, 1.82) is 0 Å². The maximum atomic E-state index is 4.37. The first kappa shape index (κ1) is 12.8. The van der Waals surface area contributed by atoms with Crippen LogP contribution in [0.3, 0.4) is 0 Å². The summed E-state index contributed by atoms with van der Waals surface area (Å²) in [6.45, 7) is 7.33. The Kier molecular flexibility index (Phi) is 3.82. The van der Waals surface area contributed by atoms with Crippen LogP contribution < -0.4 is 5.32 Å². The van der Waals surface area contributed by atoms with Crippen LogP contribution in [0.2, 0.25) is 0 Å². The maximum Gasteiger partial charge on any atom is 0.0570 e. The van der Waals surface area contributed by atoms with Gasteiger partial charge < -0.3 is 9.88 Å². The van der Waals surface area contributed by atoms with Crippen LogP contribution in [-0.4, -0.2) is 9.55 Å². The number of nitrogens with one attached hydrogen (secondary N) is 1. The number of rotatable bonds is 4. The van der Waals surface area contributed by atoms with Gasteiger partial charge in [-0.05, 0) is 44.5 Å². The summed E-state index contributed by atoms with van der Waals surface area (Å²) < 4.78 is 2.22. The smallest absolute Gasteiger partial charge is 0.0570 e. The van der Waals surface area contributed by atoms with Gasteiger partial charge in [0.1, 0.15) is 0 Å². The van der Waals surface area contributed by atoms with Gasteiger partial charge in [0, 0.05) is 37.2 Å². The lowest BCUT2D eigenvalue weighted by atomic mass is 10.2. The topological polar surface area (TPSA) is 29.9 Å². The molecule has 0 aliphatic rings. The van der Waals surface area contributed by atoms with Gasteiger partial charge in [0.05, 0.1) is 5.69 Å². The van der Waals surface area contributed by atoms with Gasteiger partial charge in [-0.2, -0.15) is 0 Å². The van der Waals surface area contributed by atoms with E-state index in [4.69, 9.17) is 0 Å². The molecule has 96 valence electrons. The minimum atomic E-state index is 0.270. The number of aryl methyl sites for hydroxylation is 1. The Hall–Kier alpha value is -1.61. The molecule has 1 atom stereocenters. The highest BCUT2D eigenvalue weighted by molar-refractivity contribution is 5.26. The molecular weight excluding hydrogens is 222 g/mol. The number of aromatic nitrogens is 2. The summed E-state index contributed by atoms with van der Waals surface area (Å²) in [6, 6.07) is 8.54. The Morgan fingerprint density at radius 2 is 2.11 bits per heavy atom. The molecule has 2 heterocycles. The third kappa shape index (κ3) is 2.62. The first-order valence-corrected chi connectivity index (χ1v) is 6.35. The molecule has 0 radical (unpaired) electrons. The second-order valence-corrected chi connectivity index (χ2v) is 4.81. The number of pyridine rings is 1. The molecule has 3 nitrogen and oxygen atoms in total. The molecule has 18 heavy (non-hydrogen) atoms. The van der Waals surface area contributed by atoms with Crippen molar-refractivity contribution in [2.45, 2.75) is 33.4 Å².